The molecule has 1 fully saturated rings. The van der Waals surface area contributed by atoms with Crippen molar-refractivity contribution in [2.75, 3.05) is 6.61 Å². The number of ether oxygens (including phenoxy) is 2. The van der Waals surface area contributed by atoms with E-state index in [1.54, 1.807) is 0 Å². The van der Waals surface area contributed by atoms with E-state index in [0.29, 0.717) is 16.5 Å². The van der Waals surface area contributed by atoms with Gasteiger partial charge in [-0.2, -0.15) is 0 Å². The molecule has 0 aromatic heterocycles. The van der Waals surface area contributed by atoms with Gasteiger partial charge in [0.15, 0.2) is 6.29 Å². The van der Waals surface area contributed by atoms with Gasteiger partial charge in [0.25, 0.3) is 0 Å². The fraction of sp³-hybridized carbons (Fsp3) is 1.00. The maximum Gasteiger partial charge on any atom is 0.162 e. The highest BCUT2D eigenvalue weighted by atomic mass is 16.7. The summed E-state index contributed by atoms with van der Waals surface area (Å²) < 4.78 is 12.0. The van der Waals surface area contributed by atoms with Crippen LogP contribution in [0, 0.1) is 11.3 Å². The Morgan fingerprint density at radius 3 is 2.00 bits per heavy atom. The highest BCUT2D eigenvalue weighted by Gasteiger charge is 2.39. The van der Waals surface area contributed by atoms with E-state index in [-0.39, 0.29) is 17.8 Å². The van der Waals surface area contributed by atoms with Crippen molar-refractivity contribution in [3.8, 4) is 0 Å². The predicted octanol–water partition coefficient (Wildman–Crippen LogP) is 4.65. The number of hydrogen-bond acceptors (Lipinski definition) is 2. The van der Waals surface area contributed by atoms with Gasteiger partial charge >= 0.3 is 0 Å². The third-order valence-electron chi connectivity index (χ3n) is 3.94. The van der Waals surface area contributed by atoms with Gasteiger partial charge in [-0.05, 0) is 12.3 Å². The Balaban J connectivity index is 2.54. The molecule has 0 radical (unpaired) electrons. The highest BCUT2D eigenvalue weighted by Crippen LogP contribution is 2.42. The van der Waals surface area contributed by atoms with Gasteiger partial charge in [0, 0.05) is 5.41 Å². The second-order valence-corrected chi connectivity index (χ2v) is 9.79. The molecule has 1 aliphatic rings. The van der Waals surface area contributed by atoms with Gasteiger partial charge in [-0.3, -0.25) is 0 Å². The Kier molecular flexibility index (Phi) is 5.41. The molecule has 3 unspecified atom stereocenters. The fourth-order valence-corrected chi connectivity index (χ4v) is 3.68. The van der Waals surface area contributed by atoms with Crippen LogP contribution in [0.3, 0.4) is 0 Å². The SMILES string of the molecule is CC(CC(C)(C)BC(C)(C)C)C1COC(C(C)(C)C)O1. The van der Waals surface area contributed by atoms with Crippen molar-refractivity contribution >= 4 is 7.28 Å². The molecule has 0 N–H and O–H groups in total. The minimum Gasteiger partial charge on any atom is -0.349 e. The Morgan fingerprint density at radius 2 is 1.60 bits per heavy atom. The predicted molar refractivity (Wildman–Crippen MR) is 88.8 cm³/mol. The van der Waals surface area contributed by atoms with Crippen LogP contribution in [0.1, 0.15) is 68.7 Å². The van der Waals surface area contributed by atoms with Gasteiger partial charge in [-0.1, -0.05) is 72.9 Å². The third kappa shape index (κ3) is 5.77. The van der Waals surface area contributed by atoms with Crippen LogP contribution in [-0.4, -0.2) is 26.3 Å². The van der Waals surface area contributed by atoms with Crippen LogP contribution in [0.4, 0.5) is 0 Å². The monoisotopic (exact) mass is 282 g/mol. The Morgan fingerprint density at radius 1 is 1.05 bits per heavy atom. The highest BCUT2D eigenvalue weighted by molar-refractivity contribution is 6.43. The zero-order valence-electron chi connectivity index (χ0n) is 15.2. The summed E-state index contributed by atoms with van der Waals surface area (Å²) in [5, 5.41) is 0.727. The van der Waals surface area contributed by atoms with Crippen LogP contribution >= 0.6 is 0 Å². The van der Waals surface area contributed by atoms with Crippen molar-refractivity contribution in [3.05, 3.63) is 0 Å². The zero-order chi connectivity index (χ0) is 15.8. The van der Waals surface area contributed by atoms with E-state index in [2.05, 4.69) is 62.3 Å². The minimum absolute atomic E-state index is 0.0549. The summed E-state index contributed by atoms with van der Waals surface area (Å²) in [5.41, 5.74) is 0.0649. The fourth-order valence-electron chi connectivity index (χ4n) is 3.68. The molecule has 20 heavy (non-hydrogen) atoms. The summed E-state index contributed by atoms with van der Waals surface area (Å²) in [6.07, 6.45) is 1.38. The number of rotatable bonds is 4. The van der Waals surface area contributed by atoms with E-state index in [1.165, 1.54) is 13.7 Å². The van der Waals surface area contributed by atoms with E-state index in [1.807, 2.05) is 0 Å². The number of hydrogen-bond donors (Lipinski definition) is 0. The van der Waals surface area contributed by atoms with Crippen molar-refractivity contribution in [1.82, 2.24) is 0 Å². The van der Waals surface area contributed by atoms with E-state index in [4.69, 9.17) is 9.47 Å². The molecule has 2 nitrogen and oxygen atoms in total. The first-order valence-corrected chi connectivity index (χ1v) is 8.07. The molecule has 0 saturated carbocycles. The van der Waals surface area contributed by atoms with Crippen molar-refractivity contribution in [2.45, 2.75) is 91.8 Å². The maximum absolute atomic E-state index is 6.14. The van der Waals surface area contributed by atoms with Gasteiger partial charge in [-0.25, -0.2) is 0 Å². The lowest BCUT2D eigenvalue weighted by Crippen LogP contribution is -2.31. The molecule has 0 aromatic carbocycles. The van der Waals surface area contributed by atoms with Crippen LogP contribution in [-0.2, 0) is 9.47 Å². The van der Waals surface area contributed by atoms with Crippen molar-refractivity contribution < 1.29 is 9.47 Å². The molecule has 118 valence electrons. The van der Waals surface area contributed by atoms with Crippen LogP contribution < -0.4 is 0 Å². The molecular formula is C17H35BO2. The molecule has 1 saturated heterocycles. The molecule has 1 aliphatic heterocycles. The van der Waals surface area contributed by atoms with E-state index < -0.39 is 0 Å². The van der Waals surface area contributed by atoms with E-state index >= 15 is 0 Å². The van der Waals surface area contributed by atoms with Gasteiger partial charge in [0.1, 0.15) is 7.28 Å². The molecule has 3 heteroatoms. The van der Waals surface area contributed by atoms with E-state index in [0.717, 1.165) is 6.61 Å². The Bertz CT molecular complexity index is 312. The van der Waals surface area contributed by atoms with E-state index in [9.17, 15) is 0 Å². The Hall–Kier alpha value is -0.0151. The lowest BCUT2D eigenvalue weighted by Gasteiger charge is -2.34. The largest absolute Gasteiger partial charge is 0.349 e. The molecule has 0 aromatic rings. The molecule has 1 rings (SSSR count). The van der Waals surface area contributed by atoms with Crippen LogP contribution in [0.25, 0.3) is 0 Å². The second-order valence-electron chi connectivity index (χ2n) is 9.79. The lowest BCUT2D eigenvalue weighted by atomic mass is 9.40. The zero-order valence-corrected chi connectivity index (χ0v) is 15.2. The van der Waals surface area contributed by atoms with Crippen LogP contribution in [0.15, 0.2) is 0 Å². The van der Waals surface area contributed by atoms with Gasteiger partial charge in [0.2, 0.25) is 0 Å². The molecule has 3 atom stereocenters. The summed E-state index contributed by atoms with van der Waals surface area (Å²) >= 11 is 0. The first-order chi connectivity index (χ1) is 8.80. The van der Waals surface area contributed by atoms with Gasteiger partial charge < -0.3 is 9.47 Å². The van der Waals surface area contributed by atoms with Crippen LogP contribution in [0.5, 0.6) is 0 Å². The summed E-state index contributed by atoms with van der Waals surface area (Å²) in [5.74, 6) is 0.541. The first kappa shape index (κ1) is 18.0. The average Bonchev–Trinajstić information content (AvgIpc) is 2.59. The molecule has 0 spiro atoms. The first-order valence-electron chi connectivity index (χ1n) is 8.07. The second kappa shape index (κ2) is 6.00. The summed E-state index contributed by atoms with van der Waals surface area (Å²) in [6.45, 7) is 21.3. The van der Waals surface area contributed by atoms with Gasteiger partial charge in [0.05, 0.1) is 12.7 Å². The molecule has 1 heterocycles. The molecule has 0 aliphatic carbocycles. The van der Waals surface area contributed by atoms with Crippen LogP contribution in [0.2, 0.25) is 10.6 Å². The summed E-state index contributed by atoms with van der Waals surface area (Å²) in [4.78, 5) is 0. The standard InChI is InChI=1S/C17H35BO2/c1-12(10-17(8,9)18-16(5,6)7)13-11-19-14(20-13)15(2,3)4/h12-14,18H,10-11H2,1-9H3. The maximum atomic E-state index is 6.14. The normalized spacial score (nSPS) is 26.6. The summed E-state index contributed by atoms with van der Waals surface area (Å²) in [7, 11) is 1.24. The minimum atomic E-state index is -0.0549. The third-order valence-corrected chi connectivity index (χ3v) is 3.94. The Labute approximate surface area is 127 Å². The topological polar surface area (TPSA) is 18.5 Å². The quantitative estimate of drug-likeness (QED) is 0.698. The molecular weight excluding hydrogens is 247 g/mol. The van der Waals surface area contributed by atoms with Crippen molar-refractivity contribution in [2.24, 2.45) is 11.3 Å². The molecule has 0 amide bonds. The smallest absolute Gasteiger partial charge is 0.162 e. The van der Waals surface area contributed by atoms with Crippen molar-refractivity contribution in [1.29, 1.82) is 0 Å². The lowest BCUT2D eigenvalue weighted by molar-refractivity contribution is -0.129. The molecule has 0 bridgehead atoms. The van der Waals surface area contributed by atoms with Gasteiger partial charge in [-0.15, -0.1) is 0 Å². The summed E-state index contributed by atoms with van der Waals surface area (Å²) in [6, 6.07) is 0. The van der Waals surface area contributed by atoms with Crippen molar-refractivity contribution in [3.63, 3.8) is 0 Å². The average molecular weight is 282 g/mol.